The average molecular weight is 176 g/mol. The lowest BCUT2D eigenvalue weighted by Crippen LogP contribution is -2.04. The maximum Gasteiger partial charge on any atom is 0.222 e. The van der Waals surface area contributed by atoms with Crippen molar-refractivity contribution in [1.82, 2.24) is 9.97 Å². The van der Waals surface area contributed by atoms with Crippen LogP contribution in [-0.4, -0.2) is 16.5 Å². The summed E-state index contributed by atoms with van der Waals surface area (Å²) in [7, 11) is 0. The molecule has 1 rings (SSSR count). The SMILES string of the molecule is CCc1cnc(NCCC#N)nc1. The van der Waals surface area contributed by atoms with Gasteiger partial charge < -0.3 is 5.32 Å². The van der Waals surface area contributed by atoms with Crippen molar-refractivity contribution in [3.8, 4) is 6.07 Å². The third-order valence-corrected chi connectivity index (χ3v) is 1.63. The highest BCUT2D eigenvalue weighted by molar-refractivity contribution is 5.24. The van der Waals surface area contributed by atoms with Crippen molar-refractivity contribution in [2.24, 2.45) is 0 Å². The lowest BCUT2D eigenvalue weighted by Gasteiger charge is -2.01. The summed E-state index contributed by atoms with van der Waals surface area (Å²) in [5.41, 5.74) is 1.12. The van der Waals surface area contributed by atoms with Crippen molar-refractivity contribution in [3.63, 3.8) is 0 Å². The van der Waals surface area contributed by atoms with Gasteiger partial charge in [-0.1, -0.05) is 6.92 Å². The Morgan fingerprint density at radius 1 is 1.46 bits per heavy atom. The monoisotopic (exact) mass is 176 g/mol. The van der Waals surface area contributed by atoms with Gasteiger partial charge in [0.25, 0.3) is 0 Å². The number of nitrogens with one attached hydrogen (secondary N) is 1. The molecule has 0 saturated carbocycles. The number of anilines is 1. The Kier molecular flexibility index (Phi) is 3.71. The van der Waals surface area contributed by atoms with Gasteiger partial charge in [-0.3, -0.25) is 0 Å². The minimum Gasteiger partial charge on any atom is -0.353 e. The molecule has 1 aromatic heterocycles. The molecule has 0 fully saturated rings. The second kappa shape index (κ2) is 5.09. The lowest BCUT2D eigenvalue weighted by atomic mass is 10.3. The number of nitrogens with zero attached hydrogens (tertiary/aromatic N) is 3. The number of aromatic nitrogens is 2. The molecule has 0 aliphatic heterocycles. The number of aryl methyl sites for hydroxylation is 1. The second-order valence-electron chi connectivity index (χ2n) is 2.60. The van der Waals surface area contributed by atoms with Gasteiger partial charge >= 0.3 is 0 Å². The first-order chi connectivity index (χ1) is 6.36. The normalized spacial score (nSPS) is 9.23. The molecule has 0 aliphatic rings. The highest BCUT2D eigenvalue weighted by atomic mass is 15.1. The van der Waals surface area contributed by atoms with Crippen LogP contribution < -0.4 is 5.32 Å². The van der Waals surface area contributed by atoms with Crippen LogP contribution >= 0.6 is 0 Å². The van der Waals surface area contributed by atoms with Crippen molar-refractivity contribution in [2.75, 3.05) is 11.9 Å². The molecule has 0 atom stereocenters. The average Bonchev–Trinajstić information content (AvgIpc) is 2.19. The summed E-state index contributed by atoms with van der Waals surface area (Å²) in [6.07, 6.45) is 5.00. The first-order valence-corrected chi connectivity index (χ1v) is 4.28. The van der Waals surface area contributed by atoms with Crippen LogP contribution in [0.15, 0.2) is 12.4 Å². The van der Waals surface area contributed by atoms with Gasteiger partial charge in [0.2, 0.25) is 5.95 Å². The standard InChI is InChI=1S/C9H12N4/c1-2-8-6-12-9(13-7-8)11-5-3-4-10/h6-7H,2-3,5H2,1H3,(H,11,12,13). The van der Waals surface area contributed by atoms with Gasteiger partial charge in [-0.15, -0.1) is 0 Å². The molecular weight excluding hydrogens is 164 g/mol. The zero-order valence-corrected chi connectivity index (χ0v) is 7.62. The largest absolute Gasteiger partial charge is 0.353 e. The second-order valence-corrected chi connectivity index (χ2v) is 2.60. The predicted octanol–water partition coefficient (Wildman–Crippen LogP) is 1.36. The zero-order chi connectivity index (χ0) is 9.52. The van der Waals surface area contributed by atoms with Crippen molar-refractivity contribution in [3.05, 3.63) is 18.0 Å². The molecule has 1 heterocycles. The van der Waals surface area contributed by atoms with Crippen LogP contribution in [0.5, 0.6) is 0 Å². The molecular formula is C9H12N4. The number of hydrogen-bond acceptors (Lipinski definition) is 4. The Morgan fingerprint density at radius 2 is 2.15 bits per heavy atom. The van der Waals surface area contributed by atoms with Gasteiger partial charge in [0.1, 0.15) is 0 Å². The molecule has 13 heavy (non-hydrogen) atoms. The minimum absolute atomic E-state index is 0.471. The molecule has 0 radical (unpaired) electrons. The third kappa shape index (κ3) is 3.08. The molecule has 0 bridgehead atoms. The van der Waals surface area contributed by atoms with Crippen LogP contribution in [0.1, 0.15) is 18.9 Å². The van der Waals surface area contributed by atoms with Crippen LogP contribution in [0, 0.1) is 11.3 Å². The van der Waals surface area contributed by atoms with Crippen molar-refractivity contribution in [2.45, 2.75) is 19.8 Å². The topological polar surface area (TPSA) is 61.6 Å². The van der Waals surface area contributed by atoms with E-state index < -0.39 is 0 Å². The van der Waals surface area contributed by atoms with Crippen LogP contribution in [0.3, 0.4) is 0 Å². The van der Waals surface area contributed by atoms with Gasteiger partial charge in [-0.2, -0.15) is 5.26 Å². The predicted molar refractivity (Wildman–Crippen MR) is 50.1 cm³/mol. The molecule has 4 nitrogen and oxygen atoms in total. The zero-order valence-electron chi connectivity index (χ0n) is 7.62. The highest BCUT2D eigenvalue weighted by Crippen LogP contribution is 2.00. The van der Waals surface area contributed by atoms with E-state index >= 15 is 0 Å². The summed E-state index contributed by atoms with van der Waals surface area (Å²) in [4.78, 5) is 8.18. The molecule has 0 spiro atoms. The van der Waals surface area contributed by atoms with Gasteiger partial charge in [0, 0.05) is 18.9 Å². The molecule has 0 saturated heterocycles. The Balaban J connectivity index is 2.45. The third-order valence-electron chi connectivity index (χ3n) is 1.63. The Morgan fingerprint density at radius 3 is 2.69 bits per heavy atom. The van der Waals surface area contributed by atoms with Gasteiger partial charge in [0.05, 0.1) is 12.5 Å². The lowest BCUT2D eigenvalue weighted by molar-refractivity contribution is 0.994. The van der Waals surface area contributed by atoms with Gasteiger partial charge in [-0.25, -0.2) is 9.97 Å². The fourth-order valence-electron chi connectivity index (χ4n) is 0.859. The quantitative estimate of drug-likeness (QED) is 0.704. The van der Waals surface area contributed by atoms with Crippen LogP contribution in [0.25, 0.3) is 0 Å². The molecule has 0 amide bonds. The fraction of sp³-hybridized carbons (Fsp3) is 0.444. The molecule has 1 N–H and O–H groups in total. The molecule has 68 valence electrons. The molecule has 4 heteroatoms. The molecule has 0 aromatic carbocycles. The van der Waals surface area contributed by atoms with E-state index in [0.29, 0.717) is 18.9 Å². The maximum absolute atomic E-state index is 8.30. The van der Waals surface area contributed by atoms with E-state index in [4.69, 9.17) is 5.26 Å². The van der Waals surface area contributed by atoms with E-state index in [1.54, 1.807) is 12.4 Å². The van der Waals surface area contributed by atoms with Crippen molar-refractivity contribution < 1.29 is 0 Å². The van der Waals surface area contributed by atoms with E-state index in [2.05, 4.69) is 22.2 Å². The summed E-state index contributed by atoms with van der Waals surface area (Å²) in [5, 5.41) is 11.2. The maximum atomic E-state index is 8.30. The summed E-state index contributed by atoms with van der Waals surface area (Å²) >= 11 is 0. The molecule has 0 unspecified atom stereocenters. The first kappa shape index (κ1) is 9.46. The summed E-state index contributed by atoms with van der Waals surface area (Å²) < 4.78 is 0. The summed E-state index contributed by atoms with van der Waals surface area (Å²) in [5.74, 6) is 0.590. The van der Waals surface area contributed by atoms with Crippen LogP contribution in [-0.2, 0) is 6.42 Å². The van der Waals surface area contributed by atoms with Crippen molar-refractivity contribution in [1.29, 1.82) is 5.26 Å². The highest BCUT2D eigenvalue weighted by Gasteiger charge is 1.94. The van der Waals surface area contributed by atoms with Gasteiger partial charge in [0.15, 0.2) is 0 Å². The fourth-order valence-corrected chi connectivity index (χ4v) is 0.859. The van der Waals surface area contributed by atoms with E-state index in [-0.39, 0.29) is 0 Å². The van der Waals surface area contributed by atoms with Crippen molar-refractivity contribution >= 4 is 5.95 Å². The van der Waals surface area contributed by atoms with E-state index in [9.17, 15) is 0 Å². The van der Waals surface area contributed by atoms with Crippen LogP contribution in [0.2, 0.25) is 0 Å². The first-order valence-electron chi connectivity index (χ1n) is 4.28. The van der Waals surface area contributed by atoms with Crippen LogP contribution in [0.4, 0.5) is 5.95 Å². The van der Waals surface area contributed by atoms with E-state index in [1.807, 2.05) is 6.07 Å². The number of nitriles is 1. The summed E-state index contributed by atoms with van der Waals surface area (Å²) in [6.45, 7) is 2.66. The summed E-state index contributed by atoms with van der Waals surface area (Å²) in [6, 6.07) is 2.04. The Bertz CT molecular complexity index is 285. The molecule has 1 aromatic rings. The smallest absolute Gasteiger partial charge is 0.222 e. The number of hydrogen-bond donors (Lipinski definition) is 1. The minimum atomic E-state index is 0.471. The molecule has 0 aliphatic carbocycles. The van der Waals surface area contributed by atoms with Gasteiger partial charge in [-0.05, 0) is 12.0 Å². The van der Waals surface area contributed by atoms with E-state index in [0.717, 1.165) is 12.0 Å². The van der Waals surface area contributed by atoms with E-state index in [1.165, 1.54) is 0 Å². The number of rotatable bonds is 4. The Hall–Kier alpha value is -1.63. The Labute approximate surface area is 77.6 Å².